The molecule has 0 spiro atoms. The van der Waals surface area contributed by atoms with E-state index in [1.165, 1.54) is 33.4 Å². The van der Waals surface area contributed by atoms with Crippen molar-refractivity contribution in [2.75, 3.05) is 11.9 Å². The Hall–Kier alpha value is -3.41. The Labute approximate surface area is 247 Å². The molecule has 11 heteroatoms. The molecule has 2 unspecified atom stereocenters. The van der Waals surface area contributed by atoms with Crippen LogP contribution in [0.2, 0.25) is 0 Å². The van der Waals surface area contributed by atoms with Gasteiger partial charge in [-0.05, 0) is 28.0 Å². The number of rotatable bonds is 10. The van der Waals surface area contributed by atoms with Crippen LogP contribution in [0.1, 0.15) is 22.1 Å². The summed E-state index contributed by atoms with van der Waals surface area (Å²) in [4.78, 5) is 55.0. The molecule has 8 nitrogen and oxygen atoms in total. The Kier molecular flexibility index (Phi) is 9.03. The van der Waals surface area contributed by atoms with Gasteiger partial charge in [-0.25, -0.2) is 9.59 Å². The molecule has 2 aromatic carbocycles. The number of hydrogen-bond acceptors (Lipinski definition) is 8. The fourth-order valence-corrected chi connectivity index (χ4v) is 6.65. The molecule has 2 aliphatic rings. The summed E-state index contributed by atoms with van der Waals surface area (Å²) in [7, 11) is 0. The molecule has 0 aliphatic carbocycles. The Morgan fingerprint density at radius 3 is 2.25 bits per heavy atom. The molecule has 3 heterocycles. The molecular formula is C29H25BrN2O6S2. The lowest BCUT2D eigenvalue weighted by Crippen LogP contribution is -2.74. The third-order valence-electron chi connectivity index (χ3n) is 6.43. The molecule has 1 saturated heterocycles. The van der Waals surface area contributed by atoms with E-state index in [9.17, 15) is 19.2 Å². The quantitative estimate of drug-likeness (QED) is 0.201. The molecule has 0 bridgehead atoms. The minimum Gasteiger partial charge on any atom is -0.461 e. The number of carbonyl (C=O) groups excluding carboxylic acids is 4. The number of alkyl halides is 1. The Balaban J connectivity index is 1.40. The molecule has 40 heavy (non-hydrogen) atoms. The third-order valence-corrected chi connectivity index (χ3v) is 8.79. The summed E-state index contributed by atoms with van der Waals surface area (Å²) in [5, 5.41) is 6.05. The number of ether oxygens (including phenoxy) is 2. The topological polar surface area (TPSA) is 102 Å². The summed E-state index contributed by atoms with van der Waals surface area (Å²) >= 11 is 5.87. The number of β-lactam (4-membered cyclic amide) rings is 1. The molecule has 1 fully saturated rings. The highest BCUT2D eigenvalue weighted by Gasteiger charge is 2.57. The van der Waals surface area contributed by atoms with Crippen LogP contribution in [-0.4, -0.2) is 58.0 Å². The normalized spacial score (nSPS) is 19.8. The van der Waals surface area contributed by atoms with E-state index in [2.05, 4.69) is 21.2 Å². The second kappa shape index (κ2) is 12.8. The number of carbonyl (C=O) groups is 4. The van der Waals surface area contributed by atoms with Gasteiger partial charge in [-0.15, -0.1) is 23.1 Å². The molecule has 2 aliphatic heterocycles. The zero-order valence-corrected chi connectivity index (χ0v) is 24.3. The van der Waals surface area contributed by atoms with Crippen LogP contribution >= 0.6 is 39.0 Å². The highest BCUT2D eigenvalue weighted by Crippen LogP contribution is 2.41. The van der Waals surface area contributed by atoms with Crippen LogP contribution in [0.4, 0.5) is 0 Å². The van der Waals surface area contributed by atoms with Crippen LogP contribution in [0.5, 0.6) is 0 Å². The van der Waals surface area contributed by atoms with Crippen LogP contribution in [0, 0.1) is 0 Å². The zero-order valence-electron chi connectivity index (χ0n) is 21.1. The van der Waals surface area contributed by atoms with Crippen LogP contribution in [-0.2, 0) is 35.1 Å². The number of nitrogens with one attached hydrogen (secondary N) is 1. The van der Waals surface area contributed by atoms with E-state index < -0.39 is 41.4 Å². The monoisotopic (exact) mass is 640 g/mol. The largest absolute Gasteiger partial charge is 0.461 e. The third kappa shape index (κ3) is 6.01. The Morgan fingerprint density at radius 2 is 1.65 bits per heavy atom. The number of thioether (sulfide) groups is 1. The minimum absolute atomic E-state index is 0.0174. The first kappa shape index (κ1) is 28.1. The van der Waals surface area contributed by atoms with Crippen molar-refractivity contribution in [2.24, 2.45) is 0 Å². The van der Waals surface area contributed by atoms with Gasteiger partial charge >= 0.3 is 11.9 Å². The first-order chi connectivity index (χ1) is 19.5. The van der Waals surface area contributed by atoms with Gasteiger partial charge in [-0.3, -0.25) is 9.59 Å². The van der Waals surface area contributed by atoms with E-state index in [0.717, 1.165) is 16.0 Å². The van der Waals surface area contributed by atoms with Crippen molar-refractivity contribution in [3.63, 3.8) is 0 Å². The molecule has 5 rings (SSSR count). The summed E-state index contributed by atoms with van der Waals surface area (Å²) in [6.07, 6.45) is -0.611. The Morgan fingerprint density at radius 1 is 0.975 bits per heavy atom. The highest BCUT2D eigenvalue weighted by molar-refractivity contribution is 9.09. The molecule has 3 aromatic rings. The maximum absolute atomic E-state index is 13.9. The fourth-order valence-electron chi connectivity index (χ4n) is 4.57. The van der Waals surface area contributed by atoms with E-state index in [4.69, 9.17) is 9.47 Å². The molecule has 0 saturated carbocycles. The SMILES string of the molecule is O=C(Cc1cccs1)NC1C(=O)N2C(C(=O)OC(c3ccccc3)c3ccccc3)C(C(=O)OCCBr)=CS[C@H]12. The number of thiophene rings is 1. The predicted molar refractivity (Wildman–Crippen MR) is 156 cm³/mol. The second-order valence-corrected chi connectivity index (χ2v) is 11.8. The predicted octanol–water partition coefficient (Wildman–Crippen LogP) is 4.21. The maximum Gasteiger partial charge on any atom is 0.337 e. The molecule has 0 radical (unpaired) electrons. The van der Waals surface area contributed by atoms with E-state index >= 15 is 0 Å². The smallest absolute Gasteiger partial charge is 0.337 e. The number of halogens is 1. The van der Waals surface area contributed by atoms with Gasteiger partial charge in [0.15, 0.2) is 12.1 Å². The van der Waals surface area contributed by atoms with Gasteiger partial charge < -0.3 is 19.7 Å². The summed E-state index contributed by atoms with van der Waals surface area (Å²) in [5.41, 5.74) is 1.50. The van der Waals surface area contributed by atoms with Crippen molar-refractivity contribution in [3.05, 3.63) is 105 Å². The summed E-state index contributed by atoms with van der Waals surface area (Å²) in [6.45, 7) is 0.0953. The van der Waals surface area contributed by atoms with Crippen LogP contribution in [0.25, 0.3) is 0 Å². The second-order valence-electron chi connectivity index (χ2n) is 9.01. The number of benzene rings is 2. The van der Waals surface area contributed by atoms with E-state index in [1.54, 1.807) is 0 Å². The molecule has 1 N–H and O–H groups in total. The summed E-state index contributed by atoms with van der Waals surface area (Å²) < 4.78 is 11.3. The van der Waals surface area contributed by atoms with Crippen molar-refractivity contribution in [1.29, 1.82) is 0 Å². The number of hydrogen-bond donors (Lipinski definition) is 1. The lowest BCUT2D eigenvalue weighted by atomic mass is 9.97. The van der Waals surface area contributed by atoms with Gasteiger partial charge in [-0.1, -0.05) is 82.7 Å². The van der Waals surface area contributed by atoms with Crippen molar-refractivity contribution < 1.29 is 28.7 Å². The standard InChI is InChI=1S/C29H25BrN2O6S2/c30-13-14-37-28(35)21-17-40-27-23(31-22(33)16-20-12-7-15-39-20)26(34)32(27)24(21)29(36)38-25(18-8-3-1-4-9-18)19-10-5-2-6-11-19/h1-12,15,17,23-25,27H,13-14,16H2,(H,31,33)/t23?,24?,27-/m1/s1. The van der Waals surface area contributed by atoms with E-state index in [0.29, 0.717) is 5.33 Å². The number of nitrogens with zero attached hydrogens (tertiary/aromatic N) is 1. The number of fused-ring (bicyclic) bond motifs is 1. The van der Waals surface area contributed by atoms with Gasteiger partial charge in [0.1, 0.15) is 18.0 Å². The number of amides is 2. The number of esters is 2. The first-order valence-electron chi connectivity index (χ1n) is 12.5. The van der Waals surface area contributed by atoms with Crippen LogP contribution < -0.4 is 5.32 Å². The fraction of sp³-hybridized carbons (Fsp3) is 0.241. The molecule has 2 amide bonds. The average Bonchev–Trinajstić information content (AvgIpc) is 3.50. The molecule has 1 aromatic heterocycles. The van der Waals surface area contributed by atoms with Crippen molar-refractivity contribution >= 4 is 62.8 Å². The van der Waals surface area contributed by atoms with Crippen LogP contribution in [0.15, 0.2) is 89.2 Å². The first-order valence-corrected chi connectivity index (χ1v) is 15.4. The van der Waals surface area contributed by atoms with Gasteiger partial charge in [0.25, 0.3) is 0 Å². The van der Waals surface area contributed by atoms with Gasteiger partial charge in [-0.2, -0.15) is 0 Å². The summed E-state index contributed by atoms with van der Waals surface area (Å²) in [5.74, 6) is -2.23. The van der Waals surface area contributed by atoms with Crippen molar-refractivity contribution in [3.8, 4) is 0 Å². The molecule has 206 valence electrons. The van der Waals surface area contributed by atoms with Gasteiger partial charge in [0.2, 0.25) is 11.8 Å². The van der Waals surface area contributed by atoms with Crippen molar-refractivity contribution in [2.45, 2.75) is 30.0 Å². The van der Waals surface area contributed by atoms with E-state index in [1.807, 2.05) is 78.2 Å². The zero-order chi connectivity index (χ0) is 28.1. The molecule has 3 atom stereocenters. The Bertz CT molecular complexity index is 1360. The van der Waals surface area contributed by atoms with E-state index in [-0.39, 0.29) is 24.5 Å². The minimum atomic E-state index is -1.32. The highest BCUT2D eigenvalue weighted by atomic mass is 79.9. The maximum atomic E-state index is 13.9. The molecular weight excluding hydrogens is 616 g/mol. The van der Waals surface area contributed by atoms with Crippen LogP contribution in [0.3, 0.4) is 0 Å². The summed E-state index contributed by atoms with van der Waals surface area (Å²) in [6, 6.07) is 20.1. The van der Waals surface area contributed by atoms with Crippen molar-refractivity contribution in [1.82, 2.24) is 10.2 Å². The average molecular weight is 642 g/mol. The van der Waals surface area contributed by atoms with Gasteiger partial charge in [0, 0.05) is 10.2 Å². The van der Waals surface area contributed by atoms with Gasteiger partial charge in [0.05, 0.1) is 12.0 Å². The lowest BCUT2D eigenvalue weighted by Gasteiger charge is -2.51. The lowest BCUT2D eigenvalue weighted by molar-refractivity contribution is -0.167.